The summed E-state index contributed by atoms with van der Waals surface area (Å²) in [5.41, 5.74) is 5.29. The Hall–Kier alpha value is -2.93. The molecule has 0 aliphatic rings. The van der Waals surface area contributed by atoms with Crippen molar-refractivity contribution in [2.24, 2.45) is 0 Å². The Morgan fingerprint density at radius 3 is 2.38 bits per heavy atom. The first kappa shape index (κ1) is 17.9. The van der Waals surface area contributed by atoms with Crippen molar-refractivity contribution in [2.75, 3.05) is 17.7 Å². The number of nitrogens with zero attached hydrogens (tertiary/aromatic N) is 1. The molecule has 2 N–H and O–H groups in total. The van der Waals surface area contributed by atoms with E-state index in [0.717, 1.165) is 27.1 Å². The second-order valence-electron chi connectivity index (χ2n) is 6.05. The Kier molecular flexibility index (Phi) is 4.90. The molecule has 0 unspecified atom stereocenters. The van der Waals surface area contributed by atoms with Gasteiger partial charge in [0.1, 0.15) is 0 Å². The van der Waals surface area contributed by atoms with E-state index in [1.54, 1.807) is 18.2 Å². The highest BCUT2D eigenvalue weighted by atomic mass is 32.1. The SMILES string of the molecule is COC(=O)Nc1nc2ccc(C(=O)Nc3c(C)cc(C)cc3C)cc2s1. The molecule has 0 saturated carbocycles. The highest BCUT2D eigenvalue weighted by molar-refractivity contribution is 7.22. The van der Waals surface area contributed by atoms with E-state index in [1.807, 2.05) is 32.9 Å². The summed E-state index contributed by atoms with van der Waals surface area (Å²) in [5.74, 6) is -0.183. The number of methoxy groups -OCH3 is 1. The number of thiazole rings is 1. The van der Waals surface area contributed by atoms with Crippen LogP contribution in [0.5, 0.6) is 0 Å². The van der Waals surface area contributed by atoms with Crippen molar-refractivity contribution in [2.45, 2.75) is 20.8 Å². The zero-order chi connectivity index (χ0) is 18.8. The Bertz CT molecular complexity index is 987. The third-order valence-corrected chi connectivity index (χ3v) is 4.89. The van der Waals surface area contributed by atoms with Crippen LogP contribution in [0.1, 0.15) is 27.0 Å². The molecule has 0 bridgehead atoms. The zero-order valence-electron chi connectivity index (χ0n) is 15.0. The number of amides is 2. The van der Waals surface area contributed by atoms with Crippen LogP contribution in [0.3, 0.4) is 0 Å². The first-order chi connectivity index (χ1) is 12.4. The molecule has 0 saturated heterocycles. The van der Waals surface area contributed by atoms with Crippen LogP contribution in [-0.2, 0) is 4.74 Å². The summed E-state index contributed by atoms with van der Waals surface area (Å²) in [5, 5.41) is 5.95. The number of carbonyl (C=O) groups is 2. The van der Waals surface area contributed by atoms with Crippen molar-refractivity contribution in [3.63, 3.8) is 0 Å². The third-order valence-electron chi connectivity index (χ3n) is 3.96. The lowest BCUT2D eigenvalue weighted by Crippen LogP contribution is -2.13. The van der Waals surface area contributed by atoms with Gasteiger partial charge in [0.25, 0.3) is 5.91 Å². The first-order valence-corrected chi connectivity index (χ1v) is 8.84. The predicted molar refractivity (Wildman–Crippen MR) is 104 cm³/mol. The number of fused-ring (bicyclic) bond motifs is 1. The first-order valence-electron chi connectivity index (χ1n) is 8.02. The van der Waals surface area contributed by atoms with Crippen molar-refractivity contribution in [3.8, 4) is 0 Å². The summed E-state index contributed by atoms with van der Waals surface area (Å²) in [6.07, 6.45) is -0.577. The Labute approximate surface area is 155 Å². The highest BCUT2D eigenvalue weighted by Gasteiger charge is 2.13. The van der Waals surface area contributed by atoms with Crippen LogP contribution in [-0.4, -0.2) is 24.1 Å². The minimum absolute atomic E-state index is 0.183. The second-order valence-corrected chi connectivity index (χ2v) is 7.08. The van der Waals surface area contributed by atoms with Crippen molar-refractivity contribution < 1.29 is 14.3 Å². The molecule has 0 atom stereocenters. The molecular weight excluding hydrogens is 350 g/mol. The summed E-state index contributed by atoms with van der Waals surface area (Å²) in [6.45, 7) is 5.99. The molecule has 0 spiro atoms. The monoisotopic (exact) mass is 369 g/mol. The van der Waals surface area contributed by atoms with Crippen molar-refractivity contribution in [1.82, 2.24) is 4.98 Å². The number of nitrogens with one attached hydrogen (secondary N) is 2. The smallest absolute Gasteiger partial charge is 0.413 e. The van der Waals surface area contributed by atoms with Gasteiger partial charge in [-0.15, -0.1) is 0 Å². The Morgan fingerprint density at radius 1 is 1.04 bits per heavy atom. The van der Waals surface area contributed by atoms with E-state index in [1.165, 1.54) is 18.4 Å². The van der Waals surface area contributed by atoms with Gasteiger partial charge in [0.15, 0.2) is 5.13 Å². The average molecular weight is 369 g/mol. The van der Waals surface area contributed by atoms with Gasteiger partial charge in [-0.1, -0.05) is 29.0 Å². The van der Waals surface area contributed by atoms with Crippen LogP contribution in [0.4, 0.5) is 15.6 Å². The Morgan fingerprint density at radius 2 is 1.73 bits per heavy atom. The molecule has 1 heterocycles. The number of hydrogen-bond acceptors (Lipinski definition) is 5. The van der Waals surface area contributed by atoms with Gasteiger partial charge in [-0.05, 0) is 50.1 Å². The summed E-state index contributed by atoms with van der Waals surface area (Å²) >= 11 is 1.28. The molecular formula is C19H19N3O3S. The Balaban J connectivity index is 1.86. The van der Waals surface area contributed by atoms with Crippen molar-refractivity contribution in [3.05, 3.63) is 52.6 Å². The van der Waals surface area contributed by atoms with Crippen molar-refractivity contribution >= 4 is 44.4 Å². The normalized spacial score (nSPS) is 10.6. The van der Waals surface area contributed by atoms with Crippen LogP contribution in [0, 0.1) is 20.8 Å². The fourth-order valence-corrected chi connectivity index (χ4v) is 3.71. The summed E-state index contributed by atoms with van der Waals surface area (Å²) in [4.78, 5) is 28.3. The largest absolute Gasteiger partial charge is 0.453 e. The van der Waals surface area contributed by atoms with Crippen LogP contribution in [0.15, 0.2) is 30.3 Å². The minimum atomic E-state index is -0.577. The molecule has 6 nitrogen and oxygen atoms in total. The molecule has 7 heteroatoms. The standard InChI is InChI=1S/C19H19N3O3S/c1-10-7-11(2)16(12(3)8-10)21-17(23)13-5-6-14-15(9-13)26-18(20-14)22-19(24)25-4/h5-9H,1-4H3,(H,21,23)(H,20,22,24). The predicted octanol–water partition coefficient (Wildman–Crippen LogP) is 4.65. The lowest BCUT2D eigenvalue weighted by molar-refractivity contribution is 0.102. The molecule has 3 aromatic rings. The van der Waals surface area contributed by atoms with E-state index < -0.39 is 6.09 Å². The zero-order valence-corrected chi connectivity index (χ0v) is 15.8. The van der Waals surface area contributed by atoms with E-state index in [-0.39, 0.29) is 5.91 Å². The maximum absolute atomic E-state index is 12.7. The number of anilines is 2. The third kappa shape index (κ3) is 3.67. The van der Waals surface area contributed by atoms with Gasteiger partial charge < -0.3 is 10.1 Å². The van der Waals surface area contributed by atoms with Gasteiger partial charge in [-0.3, -0.25) is 10.1 Å². The average Bonchev–Trinajstić information content (AvgIpc) is 2.98. The van der Waals surface area contributed by atoms with E-state index >= 15 is 0 Å². The van der Waals surface area contributed by atoms with E-state index in [9.17, 15) is 9.59 Å². The fraction of sp³-hybridized carbons (Fsp3) is 0.211. The summed E-state index contributed by atoms with van der Waals surface area (Å²) in [6, 6.07) is 9.33. The summed E-state index contributed by atoms with van der Waals surface area (Å²) in [7, 11) is 1.29. The van der Waals surface area contributed by atoms with Gasteiger partial charge >= 0.3 is 6.09 Å². The highest BCUT2D eigenvalue weighted by Crippen LogP contribution is 2.28. The molecule has 3 rings (SSSR count). The number of hydrogen-bond donors (Lipinski definition) is 2. The summed E-state index contributed by atoms with van der Waals surface area (Å²) < 4.78 is 5.37. The molecule has 26 heavy (non-hydrogen) atoms. The molecule has 2 amide bonds. The number of carbonyl (C=O) groups excluding carboxylic acids is 2. The van der Waals surface area contributed by atoms with Crippen LogP contribution < -0.4 is 10.6 Å². The molecule has 0 aliphatic carbocycles. The lowest BCUT2D eigenvalue weighted by Gasteiger charge is -2.12. The van der Waals surface area contributed by atoms with Gasteiger partial charge in [-0.2, -0.15) is 0 Å². The number of ether oxygens (including phenoxy) is 1. The molecule has 2 aromatic carbocycles. The van der Waals surface area contributed by atoms with Crippen LogP contribution in [0.2, 0.25) is 0 Å². The van der Waals surface area contributed by atoms with Gasteiger partial charge in [0.05, 0.1) is 17.3 Å². The van der Waals surface area contributed by atoms with Gasteiger partial charge in [0, 0.05) is 11.3 Å². The second kappa shape index (κ2) is 7.13. The van der Waals surface area contributed by atoms with Crippen LogP contribution >= 0.6 is 11.3 Å². The molecule has 0 aliphatic heterocycles. The fourth-order valence-electron chi connectivity index (χ4n) is 2.82. The number of aromatic nitrogens is 1. The molecule has 0 fully saturated rings. The number of aryl methyl sites for hydroxylation is 3. The van der Waals surface area contributed by atoms with E-state index in [0.29, 0.717) is 16.2 Å². The van der Waals surface area contributed by atoms with Gasteiger partial charge in [0.2, 0.25) is 0 Å². The van der Waals surface area contributed by atoms with Crippen LogP contribution in [0.25, 0.3) is 10.2 Å². The lowest BCUT2D eigenvalue weighted by atomic mass is 10.0. The van der Waals surface area contributed by atoms with Gasteiger partial charge in [-0.25, -0.2) is 9.78 Å². The molecule has 134 valence electrons. The van der Waals surface area contributed by atoms with E-state index in [4.69, 9.17) is 0 Å². The topological polar surface area (TPSA) is 80.3 Å². The number of benzene rings is 2. The van der Waals surface area contributed by atoms with Crippen molar-refractivity contribution in [1.29, 1.82) is 0 Å². The maximum Gasteiger partial charge on any atom is 0.413 e. The number of rotatable bonds is 3. The van der Waals surface area contributed by atoms with E-state index in [2.05, 4.69) is 20.4 Å². The minimum Gasteiger partial charge on any atom is -0.453 e. The maximum atomic E-state index is 12.7. The quantitative estimate of drug-likeness (QED) is 0.704. The molecule has 1 aromatic heterocycles. The molecule has 0 radical (unpaired) electrons.